The summed E-state index contributed by atoms with van der Waals surface area (Å²) in [6, 6.07) is 3.85. The maximum absolute atomic E-state index is 12.1. The molecule has 0 amide bonds. The van der Waals surface area contributed by atoms with Crippen LogP contribution in [0.25, 0.3) is 10.9 Å². The van der Waals surface area contributed by atoms with Gasteiger partial charge in [0.05, 0.1) is 10.5 Å². The van der Waals surface area contributed by atoms with E-state index in [0.29, 0.717) is 0 Å². The number of fused-ring (bicyclic) bond motifs is 1. The van der Waals surface area contributed by atoms with Crippen LogP contribution < -0.4 is 11.0 Å². The fraction of sp³-hybridized carbons (Fsp3) is 0.333. The molecule has 5 heteroatoms. The Morgan fingerprint density at radius 2 is 2.24 bits per heavy atom. The lowest BCUT2D eigenvalue weighted by molar-refractivity contribution is 0.882. The van der Waals surface area contributed by atoms with Crippen LogP contribution in [-0.2, 0) is 6.42 Å². The van der Waals surface area contributed by atoms with Crippen molar-refractivity contribution >= 4 is 22.7 Å². The van der Waals surface area contributed by atoms with E-state index < -0.39 is 0 Å². The first-order chi connectivity index (χ1) is 8.21. The number of nitrogens with zero attached hydrogens (tertiary/aromatic N) is 2. The molecular formula is C12H15N3OS. The molecule has 0 atom stereocenters. The molecular weight excluding hydrogens is 234 g/mol. The number of nitrogens with one attached hydrogen (secondary N) is 1. The van der Waals surface area contributed by atoms with E-state index in [1.54, 1.807) is 23.5 Å². The Morgan fingerprint density at radius 1 is 1.47 bits per heavy atom. The smallest absolute Gasteiger partial charge is 0.272 e. The third kappa shape index (κ3) is 2.02. The van der Waals surface area contributed by atoms with Gasteiger partial charge in [0.1, 0.15) is 0 Å². The second-order valence-corrected chi connectivity index (χ2v) is 4.50. The molecule has 0 unspecified atom stereocenters. The van der Waals surface area contributed by atoms with Crippen molar-refractivity contribution in [3.8, 4) is 0 Å². The number of aryl methyl sites for hydroxylation is 1. The predicted molar refractivity (Wildman–Crippen MR) is 72.4 cm³/mol. The van der Waals surface area contributed by atoms with Crippen LogP contribution in [0.5, 0.6) is 0 Å². The number of thioether (sulfide) groups is 1. The largest absolute Gasteiger partial charge is 0.326 e. The summed E-state index contributed by atoms with van der Waals surface area (Å²) in [7, 11) is 1.75. The van der Waals surface area contributed by atoms with Gasteiger partial charge >= 0.3 is 0 Å². The normalized spacial score (nSPS) is 10.8. The molecule has 2 aromatic heterocycles. The second-order valence-electron chi connectivity index (χ2n) is 3.67. The van der Waals surface area contributed by atoms with Gasteiger partial charge in [-0.05, 0) is 24.8 Å². The van der Waals surface area contributed by atoms with Crippen molar-refractivity contribution in [1.82, 2.24) is 9.66 Å². The van der Waals surface area contributed by atoms with Gasteiger partial charge < -0.3 is 5.43 Å². The van der Waals surface area contributed by atoms with Crippen molar-refractivity contribution in [1.29, 1.82) is 0 Å². The zero-order valence-electron chi connectivity index (χ0n) is 10.2. The monoisotopic (exact) mass is 249 g/mol. The molecule has 0 saturated carbocycles. The number of hydrogen-bond acceptors (Lipinski definition) is 4. The highest BCUT2D eigenvalue weighted by molar-refractivity contribution is 7.98. The molecule has 2 heterocycles. The molecule has 0 aliphatic carbocycles. The lowest BCUT2D eigenvalue weighted by atomic mass is 10.1. The Hall–Kier alpha value is -1.49. The highest BCUT2D eigenvalue weighted by Crippen LogP contribution is 2.18. The van der Waals surface area contributed by atoms with Crippen molar-refractivity contribution < 1.29 is 0 Å². The third-order valence-corrected chi connectivity index (χ3v) is 3.39. The molecule has 0 aliphatic rings. The zero-order chi connectivity index (χ0) is 12.4. The Morgan fingerprint density at radius 3 is 2.82 bits per heavy atom. The van der Waals surface area contributed by atoms with Crippen molar-refractivity contribution in [3.05, 3.63) is 34.2 Å². The van der Waals surface area contributed by atoms with Gasteiger partial charge in [0.15, 0.2) is 0 Å². The van der Waals surface area contributed by atoms with E-state index in [2.05, 4.69) is 10.4 Å². The molecule has 0 fully saturated rings. The Bertz CT molecular complexity index is 606. The van der Waals surface area contributed by atoms with Gasteiger partial charge in [0.2, 0.25) is 0 Å². The quantitative estimate of drug-likeness (QED) is 0.843. The van der Waals surface area contributed by atoms with Crippen molar-refractivity contribution in [2.45, 2.75) is 18.4 Å². The van der Waals surface area contributed by atoms with Crippen LogP contribution in [0.3, 0.4) is 0 Å². The molecule has 2 rings (SSSR count). The summed E-state index contributed by atoms with van der Waals surface area (Å²) in [6.45, 7) is 1.98. The molecule has 4 nitrogen and oxygen atoms in total. The highest BCUT2D eigenvalue weighted by atomic mass is 32.2. The van der Waals surface area contributed by atoms with Gasteiger partial charge in [0, 0.05) is 24.2 Å². The van der Waals surface area contributed by atoms with Crippen LogP contribution in [0.2, 0.25) is 0 Å². The number of aromatic nitrogens is 2. The summed E-state index contributed by atoms with van der Waals surface area (Å²) < 4.78 is 1.58. The van der Waals surface area contributed by atoms with Crippen molar-refractivity contribution in [2.24, 2.45) is 0 Å². The minimum atomic E-state index is 0.0146. The van der Waals surface area contributed by atoms with Gasteiger partial charge in [-0.3, -0.25) is 4.79 Å². The maximum Gasteiger partial charge on any atom is 0.272 e. The summed E-state index contributed by atoms with van der Waals surface area (Å²) in [5.74, 6) is 0. The van der Waals surface area contributed by atoms with Crippen LogP contribution in [0.1, 0.15) is 12.5 Å². The van der Waals surface area contributed by atoms with E-state index in [4.69, 9.17) is 0 Å². The molecule has 0 spiro atoms. The van der Waals surface area contributed by atoms with E-state index in [1.807, 2.05) is 31.5 Å². The molecule has 2 aromatic rings. The van der Waals surface area contributed by atoms with Crippen molar-refractivity contribution in [2.75, 3.05) is 18.7 Å². The van der Waals surface area contributed by atoms with Gasteiger partial charge in [-0.2, -0.15) is 0 Å². The van der Waals surface area contributed by atoms with Gasteiger partial charge in [0.25, 0.3) is 5.56 Å². The summed E-state index contributed by atoms with van der Waals surface area (Å²) in [6.07, 6.45) is 4.50. The Balaban J connectivity index is 2.83. The van der Waals surface area contributed by atoms with Crippen LogP contribution in [-0.4, -0.2) is 23.0 Å². The van der Waals surface area contributed by atoms with Gasteiger partial charge in [-0.1, -0.05) is 6.92 Å². The topological polar surface area (TPSA) is 46.9 Å². The van der Waals surface area contributed by atoms with E-state index in [0.717, 1.165) is 27.9 Å². The molecule has 90 valence electrons. The minimum absolute atomic E-state index is 0.0146. The Kier molecular flexibility index (Phi) is 3.38. The number of pyridine rings is 2. The number of hydrogen-bond donors (Lipinski definition) is 1. The molecule has 0 aliphatic heterocycles. The summed E-state index contributed by atoms with van der Waals surface area (Å²) in [4.78, 5) is 16.4. The summed E-state index contributed by atoms with van der Waals surface area (Å²) in [5.41, 5.74) is 4.61. The average Bonchev–Trinajstić information content (AvgIpc) is 2.37. The minimum Gasteiger partial charge on any atom is -0.326 e. The van der Waals surface area contributed by atoms with E-state index in [1.165, 1.54) is 0 Å². The first-order valence-corrected chi connectivity index (χ1v) is 6.70. The molecule has 17 heavy (non-hydrogen) atoms. The SMILES string of the molecule is CCc1cc2cnc(SC)cc2n(NC)c1=O. The summed E-state index contributed by atoms with van der Waals surface area (Å²) >= 11 is 1.56. The lowest BCUT2D eigenvalue weighted by Crippen LogP contribution is -2.29. The van der Waals surface area contributed by atoms with Crippen LogP contribution in [0, 0.1) is 0 Å². The number of rotatable bonds is 3. The van der Waals surface area contributed by atoms with Gasteiger partial charge in [-0.15, -0.1) is 11.8 Å². The van der Waals surface area contributed by atoms with E-state index in [9.17, 15) is 4.79 Å². The van der Waals surface area contributed by atoms with Crippen LogP contribution >= 0.6 is 11.8 Å². The Labute approximate surface area is 104 Å². The average molecular weight is 249 g/mol. The summed E-state index contributed by atoms with van der Waals surface area (Å²) in [5, 5.41) is 1.89. The third-order valence-electron chi connectivity index (χ3n) is 2.75. The molecule has 0 aromatic carbocycles. The predicted octanol–water partition coefficient (Wildman–Crippen LogP) is 1.85. The lowest BCUT2D eigenvalue weighted by Gasteiger charge is -2.11. The first kappa shape index (κ1) is 12.0. The zero-order valence-corrected chi connectivity index (χ0v) is 11.0. The maximum atomic E-state index is 12.1. The van der Waals surface area contributed by atoms with Crippen LogP contribution in [0.4, 0.5) is 0 Å². The first-order valence-electron chi connectivity index (χ1n) is 5.47. The molecule has 0 saturated heterocycles. The van der Waals surface area contributed by atoms with E-state index in [-0.39, 0.29) is 5.56 Å². The molecule has 0 radical (unpaired) electrons. The fourth-order valence-electron chi connectivity index (χ4n) is 1.83. The molecule has 1 N–H and O–H groups in total. The molecule has 0 bridgehead atoms. The van der Waals surface area contributed by atoms with Gasteiger partial charge in [-0.25, -0.2) is 9.66 Å². The van der Waals surface area contributed by atoms with E-state index >= 15 is 0 Å². The second kappa shape index (κ2) is 4.79. The van der Waals surface area contributed by atoms with Crippen molar-refractivity contribution in [3.63, 3.8) is 0 Å². The van der Waals surface area contributed by atoms with Crippen LogP contribution in [0.15, 0.2) is 28.2 Å². The highest BCUT2D eigenvalue weighted by Gasteiger charge is 2.08. The fourth-order valence-corrected chi connectivity index (χ4v) is 2.22. The standard InChI is InChI=1S/C12H15N3OS/c1-4-8-5-9-7-14-11(17-3)6-10(9)15(13-2)12(8)16/h5-7,13H,4H2,1-3H3.